The van der Waals surface area contributed by atoms with E-state index in [1.807, 2.05) is 35.9 Å². The first kappa shape index (κ1) is 38.0. The van der Waals surface area contributed by atoms with Gasteiger partial charge in [0, 0.05) is 17.7 Å². The Labute approximate surface area is 287 Å². The number of ether oxygens (including phenoxy) is 3. The molecule has 0 radical (unpaired) electrons. The molecular formula is C37H51IN2O5. The number of aryl methyl sites for hydroxylation is 1. The molecule has 2 amide bonds. The highest BCUT2D eigenvalue weighted by molar-refractivity contribution is 6.11. The summed E-state index contributed by atoms with van der Waals surface area (Å²) in [7, 11) is 1.52. The number of carbonyl (C=O) groups excluding carboxylic acids is 2. The van der Waals surface area contributed by atoms with Gasteiger partial charge in [-0.15, -0.1) is 0 Å². The van der Waals surface area contributed by atoms with Gasteiger partial charge in [-0.1, -0.05) is 83.4 Å². The van der Waals surface area contributed by atoms with E-state index >= 15 is 0 Å². The minimum Gasteiger partial charge on any atom is -1.00 e. The molecule has 246 valence electrons. The second-order valence-electron chi connectivity index (χ2n) is 11.1. The van der Waals surface area contributed by atoms with Crippen LogP contribution in [0.4, 0.5) is 0 Å². The van der Waals surface area contributed by atoms with E-state index in [0.29, 0.717) is 48.1 Å². The minimum atomic E-state index is -0.426. The number of halogens is 1. The van der Waals surface area contributed by atoms with Crippen LogP contribution in [0.15, 0.2) is 66.9 Å². The Hall–Kier alpha value is -3.14. The van der Waals surface area contributed by atoms with E-state index in [4.69, 9.17) is 14.2 Å². The van der Waals surface area contributed by atoms with Gasteiger partial charge in [0.2, 0.25) is 5.69 Å². The van der Waals surface area contributed by atoms with Crippen molar-refractivity contribution in [2.45, 2.75) is 98.1 Å². The van der Waals surface area contributed by atoms with Gasteiger partial charge in [-0.3, -0.25) is 14.5 Å². The number of hydrogen-bond acceptors (Lipinski definition) is 5. The second kappa shape index (κ2) is 21.6. The maximum Gasteiger partial charge on any atom is 0.265 e. The molecule has 0 saturated heterocycles. The number of amides is 2. The second-order valence-corrected chi connectivity index (χ2v) is 11.1. The smallest absolute Gasteiger partial charge is 0.265 e. The maximum absolute atomic E-state index is 14.2. The molecule has 0 unspecified atom stereocenters. The average Bonchev–Trinajstić information content (AvgIpc) is 3.06. The lowest BCUT2D eigenvalue weighted by atomic mass is 10.1. The van der Waals surface area contributed by atoms with Gasteiger partial charge in [-0.25, -0.2) is 4.57 Å². The molecule has 0 N–H and O–H groups in total. The molecule has 2 aromatic carbocycles. The zero-order valence-electron chi connectivity index (χ0n) is 27.6. The first-order valence-electron chi connectivity index (χ1n) is 16.4. The monoisotopic (exact) mass is 730 g/mol. The molecule has 0 fully saturated rings. The van der Waals surface area contributed by atoms with E-state index in [1.54, 1.807) is 42.5 Å². The Morgan fingerprint density at radius 2 is 1.31 bits per heavy atom. The number of carbonyl (C=O) groups is 2. The van der Waals surface area contributed by atoms with Crippen LogP contribution in [-0.2, 0) is 13.1 Å². The molecule has 3 aromatic rings. The van der Waals surface area contributed by atoms with E-state index in [0.717, 1.165) is 31.4 Å². The third-order valence-corrected chi connectivity index (χ3v) is 7.72. The Morgan fingerprint density at radius 1 is 0.689 bits per heavy atom. The first-order valence-corrected chi connectivity index (χ1v) is 16.4. The fourth-order valence-corrected chi connectivity index (χ4v) is 5.13. The zero-order chi connectivity index (χ0) is 31.6. The summed E-state index contributed by atoms with van der Waals surface area (Å²) in [6.07, 6.45) is 13.3. The number of unbranched alkanes of at least 4 members (excludes halogenated alkanes) is 8. The molecule has 0 atom stereocenters. The summed E-state index contributed by atoms with van der Waals surface area (Å²) in [5, 5.41) is 0. The largest absolute Gasteiger partial charge is 1.00 e. The van der Waals surface area contributed by atoms with Crippen molar-refractivity contribution >= 4 is 11.8 Å². The highest BCUT2D eigenvalue weighted by atomic mass is 127. The number of benzene rings is 2. The van der Waals surface area contributed by atoms with Crippen LogP contribution in [-0.4, -0.2) is 37.0 Å². The maximum atomic E-state index is 14.2. The van der Waals surface area contributed by atoms with Crippen molar-refractivity contribution in [2.24, 2.45) is 0 Å². The highest BCUT2D eigenvalue weighted by Gasteiger charge is 2.29. The Morgan fingerprint density at radius 3 is 1.96 bits per heavy atom. The van der Waals surface area contributed by atoms with Crippen LogP contribution >= 0.6 is 0 Å². The van der Waals surface area contributed by atoms with Crippen LogP contribution in [0.3, 0.4) is 0 Å². The Kier molecular flexibility index (Phi) is 18.2. The molecule has 0 aliphatic carbocycles. The Balaban J connectivity index is 0.00000705. The molecule has 45 heavy (non-hydrogen) atoms. The number of methoxy groups -OCH3 is 1. The summed E-state index contributed by atoms with van der Waals surface area (Å²) in [5.41, 5.74) is 1.54. The molecule has 3 rings (SSSR count). The highest BCUT2D eigenvalue weighted by Crippen LogP contribution is 2.31. The summed E-state index contributed by atoms with van der Waals surface area (Å²) < 4.78 is 19.9. The van der Waals surface area contributed by atoms with Crippen molar-refractivity contribution in [1.82, 2.24) is 4.90 Å². The molecule has 0 bridgehead atoms. The van der Waals surface area contributed by atoms with Gasteiger partial charge in [-0.05, 0) is 50.1 Å². The number of aromatic nitrogens is 1. The Bertz CT molecular complexity index is 1320. The van der Waals surface area contributed by atoms with Gasteiger partial charge >= 0.3 is 0 Å². The van der Waals surface area contributed by atoms with Crippen LogP contribution in [0.5, 0.6) is 17.2 Å². The van der Waals surface area contributed by atoms with Gasteiger partial charge in [0.25, 0.3) is 11.8 Å². The van der Waals surface area contributed by atoms with Crippen LogP contribution in [0, 0.1) is 0 Å². The number of rotatable bonds is 20. The summed E-state index contributed by atoms with van der Waals surface area (Å²) in [4.78, 5) is 29.5. The van der Waals surface area contributed by atoms with Crippen LogP contribution < -0.4 is 42.8 Å². The standard InChI is InChI=1S/C37H51N2O5.HI/c1-5-8-10-12-18-26-43-34-24-23-30(28-35(34)44-27-19-13-11-9-6-2)36(40)39(29-31-20-16-17-25-38(31)7-3)37(41)32-21-14-15-22-33(32)42-4;/h14-17,20-25,28H,5-13,18-19,26-27,29H2,1-4H3;1H/q+1;/p-1. The number of pyridine rings is 1. The number of nitrogens with zero attached hydrogens (tertiary/aromatic N) is 2. The lowest BCUT2D eigenvalue weighted by Crippen LogP contribution is -3.00. The van der Waals surface area contributed by atoms with E-state index < -0.39 is 11.8 Å². The van der Waals surface area contributed by atoms with Gasteiger partial charge < -0.3 is 38.2 Å². The van der Waals surface area contributed by atoms with Crippen LogP contribution in [0.1, 0.15) is 111 Å². The normalized spacial score (nSPS) is 10.6. The topological polar surface area (TPSA) is 69.0 Å². The van der Waals surface area contributed by atoms with Crippen molar-refractivity contribution in [2.75, 3.05) is 20.3 Å². The van der Waals surface area contributed by atoms with Gasteiger partial charge in [0.15, 0.2) is 17.7 Å². The van der Waals surface area contributed by atoms with Gasteiger partial charge in [0.1, 0.15) is 18.8 Å². The third kappa shape index (κ3) is 11.9. The lowest BCUT2D eigenvalue weighted by Gasteiger charge is -2.22. The third-order valence-electron chi connectivity index (χ3n) is 7.72. The van der Waals surface area contributed by atoms with E-state index in [2.05, 4.69) is 13.8 Å². The quantitative estimate of drug-likeness (QED) is 0.0694. The van der Waals surface area contributed by atoms with E-state index in [9.17, 15) is 9.59 Å². The summed E-state index contributed by atoms with van der Waals surface area (Å²) in [6, 6.07) is 18.0. The predicted octanol–water partition coefficient (Wildman–Crippen LogP) is 5.19. The molecule has 1 aromatic heterocycles. The lowest BCUT2D eigenvalue weighted by molar-refractivity contribution is -0.701. The molecule has 8 heteroatoms. The van der Waals surface area contributed by atoms with E-state index in [1.165, 1.54) is 50.5 Å². The molecule has 0 spiro atoms. The fraction of sp³-hybridized carbons (Fsp3) is 0.486. The van der Waals surface area contributed by atoms with E-state index in [-0.39, 0.29) is 30.5 Å². The fourth-order valence-electron chi connectivity index (χ4n) is 5.13. The summed E-state index contributed by atoms with van der Waals surface area (Å²) in [6.45, 7) is 8.39. The van der Waals surface area contributed by atoms with Gasteiger partial charge in [-0.2, -0.15) is 0 Å². The predicted molar refractivity (Wildman–Crippen MR) is 174 cm³/mol. The van der Waals surface area contributed by atoms with Crippen LogP contribution in [0.25, 0.3) is 0 Å². The van der Waals surface area contributed by atoms with Crippen LogP contribution in [0.2, 0.25) is 0 Å². The van der Waals surface area contributed by atoms with Crippen molar-refractivity contribution in [1.29, 1.82) is 0 Å². The molecule has 0 aliphatic heterocycles. The molecule has 7 nitrogen and oxygen atoms in total. The van der Waals surface area contributed by atoms with Crippen molar-refractivity contribution in [3.8, 4) is 17.2 Å². The molecule has 0 saturated carbocycles. The molecule has 1 heterocycles. The summed E-state index contributed by atoms with van der Waals surface area (Å²) in [5.74, 6) is 0.741. The van der Waals surface area contributed by atoms with Gasteiger partial charge in [0.05, 0.1) is 25.9 Å². The zero-order valence-corrected chi connectivity index (χ0v) is 29.7. The first-order chi connectivity index (χ1) is 21.5. The number of para-hydroxylation sites is 1. The minimum absolute atomic E-state index is 0. The van der Waals surface area contributed by atoms with Crippen molar-refractivity contribution in [3.63, 3.8) is 0 Å². The number of hydrogen-bond donors (Lipinski definition) is 0. The van der Waals surface area contributed by atoms with Crippen molar-refractivity contribution in [3.05, 3.63) is 83.7 Å². The number of imide groups is 1. The molecule has 0 aliphatic rings. The SMILES string of the molecule is CCCCCCCOc1ccc(C(=O)N(Cc2cccc[n+]2CC)C(=O)c2ccccc2OC)cc1OCCCCCCC.[I-]. The summed E-state index contributed by atoms with van der Waals surface area (Å²) >= 11 is 0. The average molecular weight is 731 g/mol. The molecular weight excluding hydrogens is 679 g/mol. The van der Waals surface area contributed by atoms with Crippen molar-refractivity contribution < 1.29 is 52.3 Å².